The first-order valence-electron chi connectivity index (χ1n) is 6.43. The van der Waals surface area contributed by atoms with E-state index in [0.717, 1.165) is 36.7 Å². The predicted octanol–water partition coefficient (Wildman–Crippen LogP) is 2.60. The molecule has 0 aliphatic heterocycles. The Morgan fingerprint density at radius 3 is 2.72 bits per heavy atom. The van der Waals surface area contributed by atoms with Crippen molar-refractivity contribution in [3.05, 3.63) is 30.8 Å². The van der Waals surface area contributed by atoms with E-state index in [4.69, 9.17) is 0 Å². The van der Waals surface area contributed by atoms with Gasteiger partial charge in [-0.2, -0.15) is 0 Å². The van der Waals surface area contributed by atoms with Crippen LogP contribution in [0.1, 0.15) is 32.1 Å². The van der Waals surface area contributed by atoms with E-state index in [1.54, 1.807) is 4.68 Å². The normalized spacial score (nSPS) is 18.9. The minimum Gasteiger partial charge on any atom is -0.384 e. The van der Waals surface area contributed by atoms with Crippen LogP contribution in [-0.4, -0.2) is 25.7 Å². The summed E-state index contributed by atoms with van der Waals surface area (Å²) >= 11 is 0. The van der Waals surface area contributed by atoms with Gasteiger partial charge in [0.2, 0.25) is 0 Å². The summed E-state index contributed by atoms with van der Waals surface area (Å²) in [4.78, 5) is 0. The zero-order valence-electron chi connectivity index (χ0n) is 10.3. The Balaban J connectivity index is 2.01. The van der Waals surface area contributed by atoms with Crippen LogP contribution < -0.4 is 0 Å². The molecule has 18 heavy (non-hydrogen) atoms. The molecule has 1 aliphatic carbocycles. The van der Waals surface area contributed by atoms with Crippen molar-refractivity contribution in [2.75, 3.05) is 0 Å². The van der Waals surface area contributed by atoms with E-state index in [-0.39, 0.29) is 0 Å². The standard InChI is InChI=1S/C14H17N3O/c1-11(14(18)9-5-2-6-10-14)17-13-8-4-3-7-12(13)15-16-17/h3-4,7-8,18H,1-2,5-6,9-10H2. The van der Waals surface area contributed by atoms with E-state index in [2.05, 4.69) is 16.9 Å². The summed E-state index contributed by atoms with van der Waals surface area (Å²) in [5.74, 6) is 0. The molecule has 1 N–H and O–H groups in total. The highest BCUT2D eigenvalue weighted by Gasteiger charge is 2.34. The molecule has 1 aromatic carbocycles. The average Bonchev–Trinajstić information content (AvgIpc) is 2.82. The Morgan fingerprint density at radius 1 is 1.22 bits per heavy atom. The molecule has 4 heteroatoms. The average molecular weight is 243 g/mol. The Kier molecular flexibility index (Phi) is 2.67. The first kappa shape index (κ1) is 11.4. The summed E-state index contributed by atoms with van der Waals surface area (Å²) in [5, 5.41) is 18.9. The number of hydrogen-bond acceptors (Lipinski definition) is 3. The zero-order chi connectivity index (χ0) is 12.6. The van der Waals surface area contributed by atoms with Crippen molar-refractivity contribution < 1.29 is 5.11 Å². The maximum atomic E-state index is 10.7. The van der Waals surface area contributed by atoms with Gasteiger partial charge in [-0.3, -0.25) is 0 Å². The lowest BCUT2D eigenvalue weighted by atomic mass is 9.83. The van der Waals surface area contributed by atoms with Crippen molar-refractivity contribution in [3.8, 4) is 0 Å². The van der Waals surface area contributed by atoms with Gasteiger partial charge in [0.05, 0.1) is 11.2 Å². The van der Waals surface area contributed by atoms with E-state index in [1.807, 2.05) is 24.3 Å². The van der Waals surface area contributed by atoms with Crippen LogP contribution in [0, 0.1) is 0 Å². The molecule has 0 unspecified atom stereocenters. The van der Waals surface area contributed by atoms with Gasteiger partial charge in [-0.05, 0) is 25.0 Å². The lowest BCUT2D eigenvalue weighted by Gasteiger charge is -2.33. The summed E-state index contributed by atoms with van der Waals surface area (Å²) in [5.41, 5.74) is 1.56. The third-order valence-corrected chi connectivity index (χ3v) is 3.83. The van der Waals surface area contributed by atoms with E-state index in [9.17, 15) is 5.11 Å². The molecule has 4 nitrogen and oxygen atoms in total. The van der Waals surface area contributed by atoms with E-state index >= 15 is 0 Å². The number of aromatic nitrogens is 3. The van der Waals surface area contributed by atoms with E-state index in [0.29, 0.717) is 5.70 Å². The minimum atomic E-state index is -0.825. The molecule has 1 aromatic heterocycles. The molecule has 94 valence electrons. The number of hydrogen-bond donors (Lipinski definition) is 1. The van der Waals surface area contributed by atoms with E-state index < -0.39 is 5.60 Å². The Bertz CT molecular complexity index is 581. The van der Waals surface area contributed by atoms with Crippen LogP contribution in [0.4, 0.5) is 0 Å². The highest BCUT2D eigenvalue weighted by atomic mass is 16.3. The second kappa shape index (κ2) is 4.21. The van der Waals surface area contributed by atoms with Crippen LogP contribution in [0.3, 0.4) is 0 Å². The third kappa shape index (κ3) is 1.73. The van der Waals surface area contributed by atoms with Gasteiger partial charge in [-0.1, -0.05) is 43.2 Å². The largest absolute Gasteiger partial charge is 0.384 e. The molecular weight excluding hydrogens is 226 g/mol. The Hall–Kier alpha value is -1.68. The topological polar surface area (TPSA) is 50.9 Å². The second-order valence-corrected chi connectivity index (χ2v) is 5.03. The fourth-order valence-corrected chi connectivity index (χ4v) is 2.69. The van der Waals surface area contributed by atoms with Crippen molar-refractivity contribution in [3.63, 3.8) is 0 Å². The van der Waals surface area contributed by atoms with E-state index in [1.165, 1.54) is 6.42 Å². The number of aliphatic hydroxyl groups is 1. The van der Waals surface area contributed by atoms with Crippen LogP contribution in [0.15, 0.2) is 30.8 Å². The van der Waals surface area contributed by atoms with Crippen molar-refractivity contribution in [2.45, 2.75) is 37.7 Å². The summed E-state index contributed by atoms with van der Waals surface area (Å²) in [6.07, 6.45) is 4.80. The Labute approximate surface area is 106 Å². The lowest BCUT2D eigenvalue weighted by molar-refractivity contribution is 0.0557. The molecule has 2 aromatic rings. The van der Waals surface area contributed by atoms with Gasteiger partial charge in [0.1, 0.15) is 11.1 Å². The molecule has 1 heterocycles. The van der Waals surface area contributed by atoms with Gasteiger partial charge in [-0.25, -0.2) is 4.68 Å². The van der Waals surface area contributed by atoms with Gasteiger partial charge >= 0.3 is 0 Å². The molecule has 0 bridgehead atoms. The summed E-state index contributed by atoms with van der Waals surface area (Å²) in [6.45, 7) is 4.05. The second-order valence-electron chi connectivity index (χ2n) is 5.03. The summed E-state index contributed by atoms with van der Waals surface area (Å²) < 4.78 is 1.68. The first-order chi connectivity index (χ1) is 8.71. The molecule has 3 rings (SSSR count). The van der Waals surface area contributed by atoms with Crippen LogP contribution in [0.25, 0.3) is 16.7 Å². The summed E-state index contributed by atoms with van der Waals surface area (Å²) in [6, 6.07) is 7.74. The number of rotatable bonds is 2. The van der Waals surface area contributed by atoms with Crippen molar-refractivity contribution in [1.29, 1.82) is 0 Å². The van der Waals surface area contributed by atoms with Gasteiger partial charge in [0, 0.05) is 0 Å². The molecule has 0 atom stereocenters. The molecule has 0 spiro atoms. The van der Waals surface area contributed by atoms with Gasteiger partial charge < -0.3 is 5.11 Å². The fourth-order valence-electron chi connectivity index (χ4n) is 2.69. The molecule has 0 amide bonds. The zero-order valence-corrected chi connectivity index (χ0v) is 10.3. The molecule has 1 saturated carbocycles. The third-order valence-electron chi connectivity index (χ3n) is 3.83. The monoisotopic (exact) mass is 243 g/mol. The van der Waals surface area contributed by atoms with Crippen LogP contribution >= 0.6 is 0 Å². The maximum Gasteiger partial charge on any atom is 0.113 e. The maximum absolute atomic E-state index is 10.7. The predicted molar refractivity (Wildman–Crippen MR) is 70.9 cm³/mol. The molecule has 0 saturated heterocycles. The highest BCUT2D eigenvalue weighted by molar-refractivity contribution is 5.78. The lowest BCUT2D eigenvalue weighted by Crippen LogP contribution is -2.35. The van der Waals surface area contributed by atoms with Crippen molar-refractivity contribution in [1.82, 2.24) is 15.0 Å². The Morgan fingerprint density at radius 2 is 1.94 bits per heavy atom. The molecule has 1 aliphatic rings. The molecular formula is C14H17N3O. The van der Waals surface area contributed by atoms with Crippen LogP contribution in [0.2, 0.25) is 0 Å². The minimum absolute atomic E-state index is 0.649. The van der Waals surface area contributed by atoms with Gasteiger partial charge in [0.25, 0.3) is 0 Å². The van der Waals surface area contributed by atoms with Crippen LogP contribution in [0.5, 0.6) is 0 Å². The van der Waals surface area contributed by atoms with Crippen molar-refractivity contribution >= 4 is 16.7 Å². The SMILES string of the molecule is C=C(n1nnc2ccccc21)C1(O)CCCCC1. The highest BCUT2D eigenvalue weighted by Crippen LogP contribution is 2.36. The summed E-state index contributed by atoms with van der Waals surface area (Å²) in [7, 11) is 0. The smallest absolute Gasteiger partial charge is 0.113 e. The number of nitrogens with zero attached hydrogens (tertiary/aromatic N) is 3. The van der Waals surface area contributed by atoms with Gasteiger partial charge in [0.15, 0.2) is 0 Å². The van der Waals surface area contributed by atoms with Crippen molar-refractivity contribution in [2.24, 2.45) is 0 Å². The molecule has 0 radical (unpaired) electrons. The number of para-hydroxylation sites is 1. The molecule has 1 fully saturated rings. The number of benzene rings is 1. The number of fused-ring (bicyclic) bond motifs is 1. The fraction of sp³-hybridized carbons (Fsp3) is 0.429. The van der Waals surface area contributed by atoms with Gasteiger partial charge in [-0.15, -0.1) is 5.10 Å². The van der Waals surface area contributed by atoms with Crippen LogP contribution in [-0.2, 0) is 0 Å². The quantitative estimate of drug-likeness (QED) is 0.882. The first-order valence-corrected chi connectivity index (χ1v) is 6.43.